The lowest BCUT2D eigenvalue weighted by Gasteiger charge is -2.37. The molecule has 2 aliphatic heterocycles. The van der Waals surface area contributed by atoms with Crippen molar-refractivity contribution in [1.82, 2.24) is 4.98 Å². The minimum absolute atomic E-state index is 0.0266. The van der Waals surface area contributed by atoms with E-state index in [1.165, 1.54) is 0 Å². The summed E-state index contributed by atoms with van der Waals surface area (Å²) in [5, 5.41) is -0.0407. The molecule has 29 heavy (non-hydrogen) atoms. The Labute approximate surface area is 181 Å². The molecule has 2 aromatic rings. The van der Waals surface area contributed by atoms with Gasteiger partial charge in [0.15, 0.2) is 11.5 Å². The van der Waals surface area contributed by atoms with Gasteiger partial charge in [-0.15, -0.1) is 11.6 Å². The van der Waals surface area contributed by atoms with Crippen LogP contribution in [0.4, 0.5) is 5.82 Å². The first-order chi connectivity index (χ1) is 14.0. The van der Waals surface area contributed by atoms with Crippen LogP contribution in [0.3, 0.4) is 0 Å². The predicted molar refractivity (Wildman–Crippen MR) is 112 cm³/mol. The number of pyridine rings is 1. The Bertz CT molecular complexity index is 1010. The number of amides is 1. The van der Waals surface area contributed by atoms with Gasteiger partial charge in [-0.1, -0.05) is 34.1 Å². The summed E-state index contributed by atoms with van der Waals surface area (Å²) in [6.07, 6.45) is 3.40. The van der Waals surface area contributed by atoms with Crippen molar-refractivity contribution in [3.05, 3.63) is 70.0 Å². The molecule has 5 nitrogen and oxygen atoms in total. The summed E-state index contributed by atoms with van der Waals surface area (Å²) in [5.74, 6) is 0.0180. The van der Waals surface area contributed by atoms with Gasteiger partial charge in [0.25, 0.3) is 5.91 Å². The first-order valence-electron chi connectivity index (χ1n) is 9.63. The molecule has 3 heterocycles. The van der Waals surface area contributed by atoms with Crippen molar-refractivity contribution in [3.63, 3.8) is 0 Å². The second-order valence-corrected chi connectivity index (χ2v) is 9.13. The number of rotatable bonds is 2. The van der Waals surface area contributed by atoms with Crippen LogP contribution in [-0.4, -0.2) is 28.2 Å². The summed E-state index contributed by atoms with van der Waals surface area (Å²) < 4.78 is 7.07. The van der Waals surface area contributed by atoms with E-state index in [4.69, 9.17) is 16.3 Å². The second kappa shape index (κ2) is 7.26. The number of alkyl halides is 1. The highest BCUT2D eigenvalue weighted by Gasteiger charge is 2.53. The third-order valence-electron chi connectivity index (χ3n) is 5.87. The Hall–Kier alpha value is -2.18. The standard InChI is InChI=1S/C22H18BrClN2O3/c23-13-6-4-12(5-7-13)19-18-20(27)15-11-14(24)8-9-16(15)29-21(18)22(28)26(19)17-3-1-2-10-25-17/h1-7,10,14-16,19H,8-9,11H2. The van der Waals surface area contributed by atoms with Crippen LogP contribution in [0, 0.1) is 5.92 Å². The van der Waals surface area contributed by atoms with E-state index in [9.17, 15) is 9.59 Å². The number of nitrogens with zero attached hydrogens (tertiary/aromatic N) is 2. The van der Waals surface area contributed by atoms with Crippen LogP contribution in [0.2, 0.25) is 0 Å². The van der Waals surface area contributed by atoms with Gasteiger partial charge < -0.3 is 4.74 Å². The number of ether oxygens (including phenoxy) is 1. The largest absolute Gasteiger partial charge is 0.483 e. The Morgan fingerprint density at radius 3 is 2.62 bits per heavy atom. The smallest absolute Gasteiger partial charge is 0.295 e. The number of anilines is 1. The van der Waals surface area contributed by atoms with Crippen molar-refractivity contribution in [2.24, 2.45) is 5.92 Å². The summed E-state index contributed by atoms with van der Waals surface area (Å²) in [6.45, 7) is 0. The quantitative estimate of drug-likeness (QED) is 0.600. The van der Waals surface area contributed by atoms with Gasteiger partial charge in [-0.3, -0.25) is 14.5 Å². The second-order valence-electron chi connectivity index (χ2n) is 7.60. The molecule has 1 aromatic heterocycles. The van der Waals surface area contributed by atoms with Gasteiger partial charge in [0.05, 0.1) is 17.5 Å². The summed E-state index contributed by atoms with van der Waals surface area (Å²) >= 11 is 9.80. The number of carbonyl (C=O) groups excluding carboxylic acids is 2. The molecule has 7 heteroatoms. The SMILES string of the molecule is O=C1C2=C(OC3CCC(Cl)CC13)C(=O)N(c1ccccn1)C2c1ccc(Br)cc1. The molecule has 0 radical (unpaired) electrons. The van der Waals surface area contributed by atoms with Crippen molar-refractivity contribution in [3.8, 4) is 0 Å². The molecule has 0 spiro atoms. The van der Waals surface area contributed by atoms with E-state index < -0.39 is 6.04 Å². The maximum Gasteiger partial charge on any atom is 0.295 e. The van der Waals surface area contributed by atoms with Crippen LogP contribution in [0.1, 0.15) is 30.9 Å². The average Bonchev–Trinajstić information content (AvgIpc) is 3.03. The summed E-state index contributed by atoms with van der Waals surface area (Å²) in [4.78, 5) is 32.9. The fourth-order valence-corrected chi connectivity index (χ4v) is 5.09. The molecule has 4 atom stereocenters. The lowest BCUT2D eigenvalue weighted by Crippen LogP contribution is -2.41. The lowest BCUT2D eigenvalue weighted by atomic mass is 9.77. The normalized spacial score (nSPS) is 28.8. The zero-order valence-electron chi connectivity index (χ0n) is 15.4. The zero-order chi connectivity index (χ0) is 20.1. The fraction of sp³-hybridized carbons (Fsp3) is 0.318. The molecule has 5 rings (SSSR count). The maximum absolute atomic E-state index is 13.6. The lowest BCUT2D eigenvalue weighted by molar-refractivity contribution is -0.131. The molecule has 0 saturated heterocycles. The number of fused-ring (bicyclic) bond motifs is 1. The number of benzene rings is 1. The molecule has 0 bridgehead atoms. The molecule has 1 aromatic carbocycles. The number of aromatic nitrogens is 1. The number of ketones is 1. The van der Waals surface area contributed by atoms with Crippen LogP contribution in [0.15, 0.2) is 64.5 Å². The minimum atomic E-state index is -0.565. The van der Waals surface area contributed by atoms with Crippen LogP contribution in [0.25, 0.3) is 0 Å². The fourth-order valence-electron chi connectivity index (χ4n) is 4.51. The van der Waals surface area contributed by atoms with Gasteiger partial charge in [0, 0.05) is 16.0 Å². The third kappa shape index (κ3) is 3.09. The van der Waals surface area contributed by atoms with E-state index in [2.05, 4.69) is 20.9 Å². The Morgan fingerprint density at radius 1 is 1.10 bits per heavy atom. The van der Waals surface area contributed by atoms with E-state index in [0.29, 0.717) is 24.2 Å². The van der Waals surface area contributed by atoms with Gasteiger partial charge in [0.1, 0.15) is 11.9 Å². The molecule has 1 fully saturated rings. The molecule has 1 aliphatic carbocycles. The van der Waals surface area contributed by atoms with Crippen LogP contribution >= 0.6 is 27.5 Å². The van der Waals surface area contributed by atoms with E-state index in [1.54, 1.807) is 23.2 Å². The number of hydrogen-bond acceptors (Lipinski definition) is 4. The van der Waals surface area contributed by atoms with E-state index >= 15 is 0 Å². The monoisotopic (exact) mass is 472 g/mol. The number of halogens is 2. The number of carbonyl (C=O) groups is 2. The molecule has 148 valence electrons. The predicted octanol–water partition coefficient (Wildman–Crippen LogP) is 4.56. The summed E-state index contributed by atoms with van der Waals surface area (Å²) in [6, 6.07) is 12.5. The minimum Gasteiger partial charge on any atom is -0.483 e. The van der Waals surface area contributed by atoms with Crippen LogP contribution in [0.5, 0.6) is 0 Å². The van der Waals surface area contributed by atoms with Gasteiger partial charge in [0.2, 0.25) is 0 Å². The van der Waals surface area contributed by atoms with E-state index in [1.807, 2.05) is 30.3 Å². The van der Waals surface area contributed by atoms with Gasteiger partial charge in [-0.25, -0.2) is 4.98 Å². The summed E-state index contributed by atoms with van der Waals surface area (Å²) in [7, 11) is 0. The van der Waals surface area contributed by atoms with Crippen molar-refractivity contribution >= 4 is 45.0 Å². The highest BCUT2D eigenvalue weighted by atomic mass is 79.9. The molecule has 4 unspecified atom stereocenters. The highest BCUT2D eigenvalue weighted by Crippen LogP contribution is 2.48. The van der Waals surface area contributed by atoms with Crippen molar-refractivity contribution in [2.75, 3.05) is 4.90 Å². The van der Waals surface area contributed by atoms with E-state index in [-0.39, 0.29) is 34.8 Å². The maximum atomic E-state index is 13.6. The number of hydrogen-bond donors (Lipinski definition) is 0. The Kier molecular flexibility index (Phi) is 4.71. The summed E-state index contributed by atoms with van der Waals surface area (Å²) in [5.41, 5.74) is 1.26. The van der Waals surface area contributed by atoms with Crippen molar-refractivity contribution in [2.45, 2.75) is 36.8 Å². The van der Waals surface area contributed by atoms with Crippen molar-refractivity contribution < 1.29 is 14.3 Å². The highest BCUT2D eigenvalue weighted by molar-refractivity contribution is 9.10. The Balaban J connectivity index is 1.64. The molecule has 1 saturated carbocycles. The van der Waals surface area contributed by atoms with Gasteiger partial charge >= 0.3 is 0 Å². The van der Waals surface area contributed by atoms with E-state index in [0.717, 1.165) is 16.5 Å². The Morgan fingerprint density at radius 2 is 1.90 bits per heavy atom. The van der Waals surface area contributed by atoms with Crippen LogP contribution < -0.4 is 4.90 Å². The third-order valence-corrected chi connectivity index (χ3v) is 6.79. The van der Waals surface area contributed by atoms with Gasteiger partial charge in [-0.05, 0) is 49.1 Å². The zero-order valence-corrected chi connectivity index (χ0v) is 17.8. The van der Waals surface area contributed by atoms with Crippen molar-refractivity contribution in [1.29, 1.82) is 0 Å². The average molecular weight is 474 g/mol. The van der Waals surface area contributed by atoms with Crippen LogP contribution in [-0.2, 0) is 14.3 Å². The molecule has 1 amide bonds. The topological polar surface area (TPSA) is 59.5 Å². The first-order valence-corrected chi connectivity index (χ1v) is 10.9. The molecular weight excluding hydrogens is 456 g/mol. The molecule has 3 aliphatic rings. The van der Waals surface area contributed by atoms with Gasteiger partial charge in [-0.2, -0.15) is 0 Å². The number of Topliss-reactive ketones (excluding diaryl/α,β-unsaturated/α-hetero) is 1. The first kappa shape index (κ1) is 18.8. The molecular formula is C22H18BrClN2O3. The molecule has 0 N–H and O–H groups in total.